The molecular formula is C16H19N3O2. The first-order chi connectivity index (χ1) is 9.99. The summed E-state index contributed by atoms with van der Waals surface area (Å²) in [4.78, 5) is 33.1. The molecule has 2 heterocycles. The van der Waals surface area contributed by atoms with E-state index in [2.05, 4.69) is 9.97 Å². The predicted octanol–water partition coefficient (Wildman–Crippen LogP) is 2.13. The van der Waals surface area contributed by atoms with E-state index >= 15 is 0 Å². The average Bonchev–Trinajstić information content (AvgIpc) is 2.45. The van der Waals surface area contributed by atoms with Gasteiger partial charge in [-0.3, -0.25) is 14.6 Å². The molecule has 0 saturated heterocycles. The van der Waals surface area contributed by atoms with Crippen LogP contribution in [0.5, 0.6) is 0 Å². The number of H-pyrrole nitrogens is 1. The Labute approximate surface area is 123 Å². The molecular weight excluding hydrogens is 266 g/mol. The molecule has 0 unspecified atom stereocenters. The molecule has 2 rings (SSSR count). The van der Waals surface area contributed by atoms with Crippen molar-refractivity contribution in [3.63, 3.8) is 0 Å². The molecule has 1 amide bonds. The van der Waals surface area contributed by atoms with E-state index in [1.54, 1.807) is 30.2 Å². The Morgan fingerprint density at radius 3 is 2.62 bits per heavy atom. The first-order valence-electron chi connectivity index (χ1n) is 6.90. The van der Waals surface area contributed by atoms with Crippen molar-refractivity contribution in [1.29, 1.82) is 0 Å². The monoisotopic (exact) mass is 285 g/mol. The van der Waals surface area contributed by atoms with Crippen molar-refractivity contribution >= 4 is 5.91 Å². The minimum absolute atomic E-state index is 0.0276. The number of nitrogens with zero attached hydrogens (tertiary/aromatic N) is 2. The first kappa shape index (κ1) is 15.0. The van der Waals surface area contributed by atoms with E-state index in [0.717, 1.165) is 11.4 Å². The minimum atomic E-state index is -0.355. The minimum Gasteiger partial charge on any atom is -0.330 e. The van der Waals surface area contributed by atoms with Crippen LogP contribution in [-0.4, -0.2) is 26.8 Å². The molecule has 0 saturated carbocycles. The molecule has 0 aliphatic carbocycles. The molecule has 2 aromatic rings. The highest BCUT2D eigenvalue weighted by molar-refractivity contribution is 5.94. The molecule has 1 N–H and O–H groups in total. The standard InChI is InChI=1S/C16H19N3O2/c1-11(2)19(10-13-6-4-5-9-17-13)16(21)14-8-7-12(3)18-15(14)20/h4-9,11H,10H2,1-3H3,(H,18,20). The number of hydrogen-bond donors (Lipinski definition) is 1. The van der Waals surface area contributed by atoms with Gasteiger partial charge in [0.25, 0.3) is 11.5 Å². The summed E-state index contributed by atoms with van der Waals surface area (Å²) in [5.41, 5.74) is 1.33. The van der Waals surface area contributed by atoms with E-state index in [0.29, 0.717) is 6.54 Å². The van der Waals surface area contributed by atoms with E-state index in [1.807, 2.05) is 32.0 Å². The quantitative estimate of drug-likeness (QED) is 0.935. The number of nitrogens with one attached hydrogen (secondary N) is 1. The van der Waals surface area contributed by atoms with Crippen LogP contribution >= 0.6 is 0 Å². The van der Waals surface area contributed by atoms with Crippen molar-refractivity contribution in [3.05, 3.63) is 63.8 Å². The van der Waals surface area contributed by atoms with Crippen LogP contribution in [0.4, 0.5) is 0 Å². The maximum Gasteiger partial charge on any atom is 0.260 e. The Morgan fingerprint density at radius 1 is 1.29 bits per heavy atom. The van der Waals surface area contributed by atoms with Gasteiger partial charge >= 0.3 is 0 Å². The zero-order valence-corrected chi connectivity index (χ0v) is 12.5. The van der Waals surface area contributed by atoms with Gasteiger partial charge in [-0.1, -0.05) is 6.07 Å². The summed E-state index contributed by atoms with van der Waals surface area (Å²) in [5, 5.41) is 0. The predicted molar refractivity (Wildman–Crippen MR) is 81.0 cm³/mol. The fourth-order valence-corrected chi connectivity index (χ4v) is 2.05. The highest BCUT2D eigenvalue weighted by atomic mass is 16.2. The Kier molecular flexibility index (Phi) is 4.52. The van der Waals surface area contributed by atoms with Gasteiger partial charge in [-0.15, -0.1) is 0 Å². The molecule has 0 spiro atoms. The zero-order valence-electron chi connectivity index (χ0n) is 12.5. The van der Waals surface area contributed by atoms with E-state index < -0.39 is 0 Å². The SMILES string of the molecule is Cc1ccc(C(=O)N(Cc2ccccn2)C(C)C)c(=O)[nH]1. The molecule has 0 radical (unpaired) electrons. The summed E-state index contributed by atoms with van der Waals surface area (Å²) < 4.78 is 0. The van der Waals surface area contributed by atoms with Gasteiger partial charge in [0.05, 0.1) is 12.2 Å². The fourth-order valence-electron chi connectivity index (χ4n) is 2.05. The van der Waals surface area contributed by atoms with E-state index in [-0.39, 0.29) is 23.1 Å². The van der Waals surface area contributed by atoms with E-state index in [4.69, 9.17) is 0 Å². The van der Waals surface area contributed by atoms with Crippen LogP contribution in [0.25, 0.3) is 0 Å². The molecule has 0 aliphatic rings. The third kappa shape index (κ3) is 3.56. The molecule has 5 nitrogen and oxygen atoms in total. The van der Waals surface area contributed by atoms with Crippen LogP contribution < -0.4 is 5.56 Å². The maximum atomic E-state index is 12.6. The van der Waals surface area contributed by atoms with Gasteiger partial charge in [0.2, 0.25) is 0 Å². The second-order valence-electron chi connectivity index (χ2n) is 5.23. The largest absolute Gasteiger partial charge is 0.330 e. The van der Waals surface area contributed by atoms with Crippen molar-refractivity contribution in [2.75, 3.05) is 0 Å². The molecule has 2 aromatic heterocycles. The van der Waals surface area contributed by atoms with Gasteiger partial charge in [0.15, 0.2) is 0 Å². The van der Waals surface area contributed by atoms with Crippen LogP contribution in [0.2, 0.25) is 0 Å². The van der Waals surface area contributed by atoms with Crippen molar-refractivity contribution < 1.29 is 4.79 Å². The fraction of sp³-hybridized carbons (Fsp3) is 0.312. The van der Waals surface area contributed by atoms with E-state index in [1.165, 1.54) is 0 Å². The van der Waals surface area contributed by atoms with Crippen LogP contribution in [-0.2, 0) is 6.54 Å². The van der Waals surface area contributed by atoms with Crippen molar-refractivity contribution in [3.8, 4) is 0 Å². The topological polar surface area (TPSA) is 66.1 Å². The third-order valence-electron chi connectivity index (χ3n) is 3.23. The van der Waals surface area contributed by atoms with Crippen LogP contribution in [0.3, 0.4) is 0 Å². The van der Waals surface area contributed by atoms with Gasteiger partial charge in [0, 0.05) is 17.9 Å². The number of rotatable bonds is 4. The number of carbonyl (C=O) groups is 1. The average molecular weight is 285 g/mol. The molecule has 0 aromatic carbocycles. The molecule has 21 heavy (non-hydrogen) atoms. The molecule has 0 bridgehead atoms. The summed E-state index contributed by atoms with van der Waals surface area (Å²) in [6.45, 7) is 6.00. The Bertz CT molecular complexity index is 677. The van der Waals surface area contributed by atoms with Crippen LogP contribution in [0, 0.1) is 6.92 Å². The Morgan fingerprint density at radius 2 is 2.05 bits per heavy atom. The molecule has 0 aliphatic heterocycles. The molecule has 5 heteroatoms. The van der Waals surface area contributed by atoms with Gasteiger partial charge in [-0.25, -0.2) is 0 Å². The van der Waals surface area contributed by atoms with Gasteiger partial charge in [-0.05, 0) is 45.0 Å². The third-order valence-corrected chi connectivity index (χ3v) is 3.23. The Hall–Kier alpha value is -2.43. The number of pyridine rings is 2. The van der Waals surface area contributed by atoms with Gasteiger partial charge in [0.1, 0.15) is 5.56 Å². The highest BCUT2D eigenvalue weighted by Crippen LogP contribution is 2.10. The lowest BCUT2D eigenvalue weighted by atomic mass is 10.2. The van der Waals surface area contributed by atoms with Crippen LogP contribution in [0.15, 0.2) is 41.3 Å². The normalized spacial score (nSPS) is 10.7. The first-order valence-corrected chi connectivity index (χ1v) is 6.90. The summed E-state index contributed by atoms with van der Waals surface area (Å²) in [6.07, 6.45) is 1.69. The van der Waals surface area contributed by atoms with Crippen LogP contribution in [0.1, 0.15) is 35.6 Å². The van der Waals surface area contributed by atoms with Gasteiger partial charge in [-0.2, -0.15) is 0 Å². The highest BCUT2D eigenvalue weighted by Gasteiger charge is 2.21. The number of hydrogen-bond acceptors (Lipinski definition) is 3. The summed E-state index contributed by atoms with van der Waals surface area (Å²) in [7, 11) is 0. The summed E-state index contributed by atoms with van der Waals surface area (Å²) in [5.74, 6) is -0.281. The number of aryl methyl sites for hydroxylation is 1. The second kappa shape index (κ2) is 6.35. The maximum absolute atomic E-state index is 12.6. The van der Waals surface area contributed by atoms with Crippen molar-refractivity contribution in [2.45, 2.75) is 33.4 Å². The lowest BCUT2D eigenvalue weighted by Gasteiger charge is -2.26. The molecule has 110 valence electrons. The summed E-state index contributed by atoms with van der Waals surface area (Å²) >= 11 is 0. The molecule has 0 fully saturated rings. The van der Waals surface area contributed by atoms with Gasteiger partial charge < -0.3 is 9.88 Å². The lowest BCUT2D eigenvalue weighted by molar-refractivity contribution is 0.0686. The number of aromatic amines is 1. The lowest BCUT2D eigenvalue weighted by Crippen LogP contribution is -2.39. The molecule has 0 atom stereocenters. The second-order valence-corrected chi connectivity index (χ2v) is 5.23. The Balaban J connectivity index is 2.30. The number of aromatic nitrogens is 2. The number of amides is 1. The smallest absolute Gasteiger partial charge is 0.260 e. The van der Waals surface area contributed by atoms with Crippen molar-refractivity contribution in [2.24, 2.45) is 0 Å². The van der Waals surface area contributed by atoms with Crippen molar-refractivity contribution in [1.82, 2.24) is 14.9 Å². The summed E-state index contributed by atoms with van der Waals surface area (Å²) in [6, 6.07) is 8.85. The van der Waals surface area contributed by atoms with E-state index in [9.17, 15) is 9.59 Å². The number of carbonyl (C=O) groups excluding carboxylic acids is 1. The zero-order chi connectivity index (χ0) is 15.4.